The summed E-state index contributed by atoms with van der Waals surface area (Å²) in [5.74, 6) is 1.04. The highest BCUT2D eigenvalue weighted by molar-refractivity contribution is 6.10. The van der Waals surface area contributed by atoms with E-state index >= 15 is 0 Å². The standard InChI is InChI=1S/C13H14N6O.ClH/c1-20-10-5-3-9(4-6-10)11(18-19-13(14)15)12-16-7-2-8-17-12;/h2-8H,1H3,(H4,14,15,19);1H/b18-11-;. The van der Waals surface area contributed by atoms with Gasteiger partial charge in [0.05, 0.1) is 7.11 Å². The van der Waals surface area contributed by atoms with Gasteiger partial charge in [0, 0.05) is 18.0 Å². The monoisotopic (exact) mass is 306 g/mol. The number of halogens is 1. The summed E-state index contributed by atoms with van der Waals surface area (Å²) in [6.45, 7) is 0. The van der Waals surface area contributed by atoms with Gasteiger partial charge in [-0.1, -0.05) is 0 Å². The summed E-state index contributed by atoms with van der Waals surface area (Å²) >= 11 is 0. The number of nitrogens with two attached hydrogens (primary N) is 2. The van der Waals surface area contributed by atoms with Crippen molar-refractivity contribution >= 4 is 24.1 Å². The summed E-state index contributed by atoms with van der Waals surface area (Å²) in [5, 5.41) is 7.68. The first kappa shape index (κ1) is 16.4. The van der Waals surface area contributed by atoms with Gasteiger partial charge in [-0.25, -0.2) is 9.97 Å². The largest absolute Gasteiger partial charge is 0.497 e. The molecule has 0 saturated heterocycles. The molecule has 0 aliphatic carbocycles. The van der Waals surface area contributed by atoms with Gasteiger partial charge < -0.3 is 16.2 Å². The fourth-order valence-corrected chi connectivity index (χ4v) is 1.51. The van der Waals surface area contributed by atoms with E-state index in [2.05, 4.69) is 20.2 Å². The van der Waals surface area contributed by atoms with Gasteiger partial charge in [0.15, 0.2) is 5.82 Å². The maximum absolute atomic E-state index is 5.30. The van der Waals surface area contributed by atoms with Crippen LogP contribution in [0.2, 0.25) is 0 Å². The van der Waals surface area contributed by atoms with Crippen LogP contribution in [0.15, 0.2) is 52.9 Å². The molecular weight excluding hydrogens is 292 g/mol. The van der Waals surface area contributed by atoms with Gasteiger partial charge in [-0.15, -0.1) is 22.6 Å². The molecule has 2 rings (SSSR count). The Morgan fingerprint density at radius 2 is 1.67 bits per heavy atom. The van der Waals surface area contributed by atoms with E-state index < -0.39 is 0 Å². The summed E-state index contributed by atoms with van der Waals surface area (Å²) in [7, 11) is 1.60. The van der Waals surface area contributed by atoms with E-state index in [0.717, 1.165) is 11.3 Å². The lowest BCUT2D eigenvalue weighted by atomic mass is 10.1. The fraction of sp³-hybridized carbons (Fsp3) is 0.0769. The zero-order chi connectivity index (χ0) is 14.4. The van der Waals surface area contributed by atoms with E-state index in [-0.39, 0.29) is 18.4 Å². The SMILES string of the molecule is COc1ccc(/C(=N/N=C(N)N)c2ncccn2)cc1.Cl. The van der Waals surface area contributed by atoms with Crippen LogP contribution in [0.5, 0.6) is 5.75 Å². The molecular formula is C13H15ClN6O. The Balaban J connectivity index is 0.00000220. The Labute approximate surface area is 128 Å². The van der Waals surface area contributed by atoms with Crippen LogP contribution in [0, 0.1) is 0 Å². The van der Waals surface area contributed by atoms with Gasteiger partial charge in [-0.05, 0) is 30.3 Å². The minimum absolute atomic E-state index is 0. The van der Waals surface area contributed by atoms with Crippen molar-refractivity contribution in [3.63, 3.8) is 0 Å². The average molecular weight is 307 g/mol. The fourth-order valence-electron chi connectivity index (χ4n) is 1.51. The van der Waals surface area contributed by atoms with Gasteiger partial charge in [-0.3, -0.25) is 0 Å². The summed E-state index contributed by atoms with van der Waals surface area (Å²) in [6.07, 6.45) is 3.24. The van der Waals surface area contributed by atoms with Gasteiger partial charge in [0.25, 0.3) is 0 Å². The molecule has 1 aromatic heterocycles. The third-order valence-electron chi connectivity index (χ3n) is 2.41. The number of rotatable bonds is 4. The molecule has 0 aliphatic rings. The van der Waals surface area contributed by atoms with Crippen molar-refractivity contribution in [1.29, 1.82) is 0 Å². The lowest BCUT2D eigenvalue weighted by Gasteiger charge is -2.05. The molecule has 0 unspecified atom stereocenters. The van der Waals surface area contributed by atoms with Crippen LogP contribution < -0.4 is 16.2 Å². The summed E-state index contributed by atoms with van der Waals surface area (Å²) < 4.78 is 5.11. The lowest BCUT2D eigenvalue weighted by molar-refractivity contribution is 0.415. The second-order valence-corrected chi connectivity index (χ2v) is 3.77. The van der Waals surface area contributed by atoms with Crippen molar-refractivity contribution in [1.82, 2.24) is 9.97 Å². The zero-order valence-electron chi connectivity index (χ0n) is 11.3. The molecule has 0 amide bonds. The Kier molecular flexibility index (Phi) is 6.09. The number of benzene rings is 1. The molecule has 1 heterocycles. The maximum Gasteiger partial charge on any atom is 0.211 e. The molecule has 0 bridgehead atoms. The van der Waals surface area contributed by atoms with Crippen LogP contribution in [0.1, 0.15) is 11.4 Å². The third-order valence-corrected chi connectivity index (χ3v) is 2.41. The quantitative estimate of drug-likeness (QED) is 0.496. The molecule has 0 saturated carbocycles. The van der Waals surface area contributed by atoms with Crippen molar-refractivity contribution < 1.29 is 4.74 Å². The normalized spacial score (nSPS) is 10.4. The number of aromatic nitrogens is 2. The third kappa shape index (κ3) is 4.43. The average Bonchev–Trinajstić information content (AvgIpc) is 2.49. The van der Waals surface area contributed by atoms with E-state index in [1.807, 2.05) is 24.3 Å². The van der Waals surface area contributed by atoms with E-state index in [9.17, 15) is 0 Å². The zero-order valence-corrected chi connectivity index (χ0v) is 12.1. The van der Waals surface area contributed by atoms with Gasteiger partial charge in [0.1, 0.15) is 11.5 Å². The predicted molar refractivity (Wildman–Crippen MR) is 83.7 cm³/mol. The van der Waals surface area contributed by atoms with Crippen molar-refractivity contribution in [3.8, 4) is 5.75 Å². The van der Waals surface area contributed by atoms with Crippen molar-refractivity contribution in [2.24, 2.45) is 21.7 Å². The number of ether oxygens (including phenoxy) is 1. The smallest absolute Gasteiger partial charge is 0.211 e. The highest BCUT2D eigenvalue weighted by Gasteiger charge is 2.10. The topological polar surface area (TPSA) is 112 Å². The molecule has 2 aromatic rings. The van der Waals surface area contributed by atoms with E-state index in [4.69, 9.17) is 16.2 Å². The minimum atomic E-state index is -0.132. The van der Waals surface area contributed by atoms with Gasteiger partial charge >= 0.3 is 0 Å². The first-order valence-electron chi connectivity index (χ1n) is 5.79. The molecule has 110 valence electrons. The molecule has 21 heavy (non-hydrogen) atoms. The van der Waals surface area contributed by atoms with Crippen LogP contribution in [0.3, 0.4) is 0 Å². The highest BCUT2D eigenvalue weighted by atomic mass is 35.5. The molecule has 0 aliphatic heterocycles. The second kappa shape index (κ2) is 7.81. The Hall–Kier alpha value is -2.67. The van der Waals surface area contributed by atoms with Crippen LogP contribution in [-0.2, 0) is 0 Å². The van der Waals surface area contributed by atoms with Crippen molar-refractivity contribution in [2.45, 2.75) is 0 Å². The summed E-state index contributed by atoms with van der Waals surface area (Å²) in [5.41, 5.74) is 11.9. The lowest BCUT2D eigenvalue weighted by Crippen LogP contribution is -2.22. The Morgan fingerprint density at radius 1 is 1.05 bits per heavy atom. The molecule has 0 atom stereocenters. The van der Waals surface area contributed by atoms with Crippen LogP contribution >= 0.6 is 12.4 Å². The molecule has 7 nitrogen and oxygen atoms in total. The van der Waals surface area contributed by atoms with Crippen LogP contribution in [-0.4, -0.2) is 28.7 Å². The van der Waals surface area contributed by atoms with E-state index in [1.165, 1.54) is 0 Å². The van der Waals surface area contributed by atoms with Gasteiger partial charge in [0.2, 0.25) is 5.96 Å². The minimum Gasteiger partial charge on any atom is -0.497 e. The highest BCUT2D eigenvalue weighted by Crippen LogP contribution is 2.14. The summed E-state index contributed by atoms with van der Waals surface area (Å²) in [6, 6.07) is 8.99. The number of nitrogens with zero attached hydrogens (tertiary/aromatic N) is 4. The Bertz CT molecular complexity index is 623. The molecule has 4 N–H and O–H groups in total. The molecule has 0 radical (unpaired) electrons. The number of methoxy groups -OCH3 is 1. The first-order valence-corrected chi connectivity index (χ1v) is 5.79. The van der Waals surface area contributed by atoms with Crippen molar-refractivity contribution in [2.75, 3.05) is 7.11 Å². The predicted octanol–water partition coefficient (Wildman–Crippen LogP) is 0.933. The number of hydrogen-bond acceptors (Lipinski definition) is 5. The van der Waals surface area contributed by atoms with Crippen molar-refractivity contribution in [3.05, 3.63) is 54.1 Å². The molecule has 8 heteroatoms. The second-order valence-electron chi connectivity index (χ2n) is 3.77. The first-order chi connectivity index (χ1) is 9.70. The van der Waals surface area contributed by atoms with Crippen LogP contribution in [0.4, 0.5) is 0 Å². The molecule has 0 spiro atoms. The maximum atomic E-state index is 5.30. The number of hydrogen-bond donors (Lipinski definition) is 2. The number of guanidine groups is 1. The summed E-state index contributed by atoms with van der Waals surface area (Å²) in [4.78, 5) is 8.30. The van der Waals surface area contributed by atoms with Crippen LogP contribution in [0.25, 0.3) is 0 Å². The molecule has 0 fully saturated rings. The Morgan fingerprint density at radius 3 is 2.19 bits per heavy atom. The van der Waals surface area contributed by atoms with E-state index in [0.29, 0.717) is 11.5 Å². The van der Waals surface area contributed by atoms with E-state index in [1.54, 1.807) is 25.6 Å². The molecule has 1 aromatic carbocycles. The van der Waals surface area contributed by atoms with Gasteiger partial charge in [-0.2, -0.15) is 0 Å².